The molecule has 1 aromatic rings. The fraction of sp³-hybridized carbons (Fsp3) is 0.526. The first kappa shape index (κ1) is 28.1. The van der Waals surface area contributed by atoms with E-state index < -0.39 is 58.3 Å². The fourth-order valence-electron chi connectivity index (χ4n) is 3.60. The molecule has 9 nitrogen and oxygen atoms in total. The van der Waals surface area contributed by atoms with Crippen molar-refractivity contribution < 1.29 is 93.4 Å². The molecule has 1 saturated heterocycles. The molecule has 13 heteroatoms. The second kappa shape index (κ2) is 11.5. The summed E-state index contributed by atoms with van der Waals surface area (Å²) >= 11 is 5.93. The van der Waals surface area contributed by atoms with E-state index in [1.807, 2.05) is 0 Å². The molecule has 3 N–H and O–H groups in total. The number of hydrogen-bond donors (Lipinski definition) is 3. The van der Waals surface area contributed by atoms with Crippen LogP contribution in [-0.4, -0.2) is 67.7 Å². The molecule has 172 valence electrons. The maximum atomic E-state index is 13.3. The number of rotatable bonds is 7. The molecule has 0 saturated carbocycles. The zero-order chi connectivity index (χ0) is 22.8. The third-order valence-corrected chi connectivity index (χ3v) is 7.08. The number of carbonyl (C=O) groups excluding carboxylic acids is 1. The van der Waals surface area contributed by atoms with Gasteiger partial charge in [0, 0.05) is 6.42 Å². The first-order valence-corrected chi connectivity index (χ1v) is 11.5. The first-order valence-electron chi connectivity index (χ1n) is 9.58. The summed E-state index contributed by atoms with van der Waals surface area (Å²) in [5, 5.41) is 17.4. The van der Waals surface area contributed by atoms with E-state index in [4.69, 9.17) is 25.8 Å². The Morgan fingerprint density at radius 2 is 1.94 bits per heavy atom. The van der Waals surface area contributed by atoms with Crippen LogP contribution in [0.25, 0.3) is 0 Å². The SMILES string of the molecule is CCOC(=O)C1=CC2(CC[C@H]1S(=O)(=O)Nc1ccc(F)cc1Cl)O[C@H](CO)[C@@H](CO)O2.[K+]. The summed E-state index contributed by atoms with van der Waals surface area (Å²) in [6.45, 7) is 0.723. The molecular weight excluding hydrogens is 496 g/mol. The normalized spacial score (nSPS) is 24.5. The monoisotopic (exact) mass is 518 g/mol. The van der Waals surface area contributed by atoms with Gasteiger partial charge >= 0.3 is 57.4 Å². The van der Waals surface area contributed by atoms with E-state index in [1.54, 1.807) is 6.92 Å². The van der Waals surface area contributed by atoms with Gasteiger partial charge in [0.2, 0.25) is 10.0 Å². The fourth-order valence-corrected chi connectivity index (χ4v) is 5.43. The summed E-state index contributed by atoms with van der Waals surface area (Å²) in [7, 11) is -4.20. The number of hydrogen-bond acceptors (Lipinski definition) is 8. The van der Waals surface area contributed by atoms with E-state index in [-0.39, 0.29) is 87.1 Å². The van der Waals surface area contributed by atoms with Gasteiger partial charge in [0.1, 0.15) is 23.3 Å². The molecular formula is C19H23ClFKNO8S+. The van der Waals surface area contributed by atoms with Crippen LogP contribution in [-0.2, 0) is 29.0 Å². The summed E-state index contributed by atoms with van der Waals surface area (Å²) in [5.74, 6) is -2.99. The van der Waals surface area contributed by atoms with E-state index in [1.165, 1.54) is 12.1 Å². The Bertz CT molecular complexity index is 964. The molecule has 0 radical (unpaired) electrons. The Morgan fingerprint density at radius 1 is 1.31 bits per heavy atom. The number of benzene rings is 1. The zero-order valence-electron chi connectivity index (χ0n) is 17.6. The number of ether oxygens (including phenoxy) is 3. The third-order valence-electron chi connectivity index (χ3n) is 5.02. The van der Waals surface area contributed by atoms with Crippen molar-refractivity contribution in [2.75, 3.05) is 24.5 Å². The summed E-state index contributed by atoms with van der Waals surface area (Å²) < 4.78 is 58.2. The predicted octanol–water partition coefficient (Wildman–Crippen LogP) is -1.66. The van der Waals surface area contributed by atoms with Gasteiger partial charge in [-0.15, -0.1) is 0 Å². The van der Waals surface area contributed by atoms with Crippen molar-refractivity contribution in [3.63, 3.8) is 0 Å². The second-order valence-electron chi connectivity index (χ2n) is 7.11. The molecule has 1 aliphatic heterocycles. The Kier molecular flexibility index (Phi) is 10.1. The molecule has 2 aliphatic rings. The van der Waals surface area contributed by atoms with Crippen molar-refractivity contribution >= 4 is 33.3 Å². The van der Waals surface area contributed by atoms with Gasteiger partial charge in [0.15, 0.2) is 5.79 Å². The van der Waals surface area contributed by atoms with Gasteiger partial charge in [-0.25, -0.2) is 17.6 Å². The Labute approximate surface area is 232 Å². The maximum Gasteiger partial charge on any atom is 1.00 e. The minimum Gasteiger partial charge on any atom is -0.463 e. The number of anilines is 1. The quantitative estimate of drug-likeness (QED) is 0.289. The van der Waals surface area contributed by atoms with Crippen molar-refractivity contribution in [1.29, 1.82) is 0 Å². The molecule has 0 bridgehead atoms. The van der Waals surface area contributed by atoms with Crippen molar-refractivity contribution in [3.05, 3.63) is 40.7 Å². The van der Waals surface area contributed by atoms with Crippen molar-refractivity contribution in [2.45, 2.75) is 43.0 Å². The van der Waals surface area contributed by atoms with Crippen molar-refractivity contribution in [1.82, 2.24) is 0 Å². The van der Waals surface area contributed by atoms with E-state index in [2.05, 4.69) is 4.72 Å². The van der Waals surface area contributed by atoms with Gasteiger partial charge in [-0.3, -0.25) is 4.72 Å². The summed E-state index contributed by atoms with van der Waals surface area (Å²) in [4.78, 5) is 12.6. The third kappa shape index (κ3) is 6.11. The van der Waals surface area contributed by atoms with Crippen molar-refractivity contribution in [2.24, 2.45) is 0 Å². The summed E-state index contributed by atoms with van der Waals surface area (Å²) in [6, 6.07) is 3.18. The number of halogens is 2. The largest absolute Gasteiger partial charge is 1.00 e. The minimum absolute atomic E-state index is 0. The molecule has 32 heavy (non-hydrogen) atoms. The number of sulfonamides is 1. The average Bonchev–Trinajstić information content (AvgIpc) is 3.07. The van der Waals surface area contributed by atoms with E-state index in [0.717, 1.165) is 12.1 Å². The van der Waals surface area contributed by atoms with Crippen LogP contribution in [0, 0.1) is 5.82 Å². The van der Waals surface area contributed by atoms with Crippen LogP contribution in [0.15, 0.2) is 29.8 Å². The van der Waals surface area contributed by atoms with Gasteiger partial charge in [0.25, 0.3) is 0 Å². The molecule has 1 spiro atoms. The molecule has 1 fully saturated rings. The van der Waals surface area contributed by atoms with Gasteiger partial charge < -0.3 is 24.4 Å². The second-order valence-corrected chi connectivity index (χ2v) is 9.38. The van der Waals surface area contributed by atoms with Crippen LogP contribution in [0.1, 0.15) is 19.8 Å². The van der Waals surface area contributed by atoms with Crippen LogP contribution in [0.4, 0.5) is 10.1 Å². The predicted molar refractivity (Wildman–Crippen MR) is 108 cm³/mol. The standard InChI is InChI=1S/C19H23ClFNO8S.K/c1-2-28-18(25)12-8-19(29-15(9-23)16(10-24)30-19)6-5-17(12)31(26,27)22-14-4-3-11(21)7-13(14)20;/h3-4,7-8,15-17,22-24H,2,5-6,9-10H2,1H3;/q;+1/t15-,16-,17-;/m1./s1. The van der Waals surface area contributed by atoms with Crippen LogP contribution < -0.4 is 56.1 Å². The number of aliphatic hydroxyl groups is 2. The van der Waals surface area contributed by atoms with Crippen LogP contribution in [0.5, 0.6) is 0 Å². The van der Waals surface area contributed by atoms with Gasteiger partial charge in [0.05, 0.1) is 36.1 Å². The van der Waals surface area contributed by atoms with Crippen LogP contribution >= 0.6 is 11.6 Å². The molecule has 3 rings (SSSR count). The smallest absolute Gasteiger partial charge is 0.463 e. The maximum absolute atomic E-state index is 13.3. The average molecular weight is 519 g/mol. The molecule has 1 aromatic carbocycles. The minimum atomic E-state index is -4.20. The van der Waals surface area contributed by atoms with Crippen LogP contribution in [0.2, 0.25) is 5.02 Å². The van der Waals surface area contributed by atoms with E-state index in [0.29, 0.717) is 0 Å². The van der Waals surface area contributed by atoms with Gasteiger partial charge in [-0.05, 0) is 37.6 Å². The first-order chi connectivity index (χ1) is 14.6. The Balaban J connectivity index is 0.00000363. The molecule has 0 aromatic heterocycles. The topological polar surface area (TPSA) is 131 Å². The van der Waals surface area contributed by atoms with Gasteiger partial charge in [-0.1, -0.05) is 11.6 Å². The summed E-state index contributed by atoms with van der Waals surface area (Å²) in [6.07, 6.45) is -0.507. The molecule has 0 amide bonds. The molecule has 3 atom stereocenters. The van der Waals surface area contributed by atoms with E-state index in [9.17, 15) is 27.8 Å². The molecule has 1 aliphatic carbocycles. The van der Waals surface area contributed by atoms with Crippen molar-refractivity contribution in [3.8, 4) is 0 Å². The molecule has 1 heterocycles. The number of nitrogens with one attached hydrogen (secondary N) is 1. The Hall–Kier alpha value is -0.124. The Morgan fingerprint density at radius 3 is 2.47 bits per heavy atom. The molecule has 0 unspecified atom stereocenters. The number of esters is 1. The zero-order valence-corrected chi connectivity index (χ0v) is 22.3. The number of carbonyl (C=O) groups is 1. The number of aliphatic hydroxyl groups excluding tert-OH is 2. The summed E-state index contributed by atoms with van der Waals surface area (Å²) in [5.41, 5.74) is -0.255. The van der Waals surface area contributed by atoms with Gasteiger partial charge in [-0.2, -0.15) is 0 Å². The van der Waals surface area contributed by atoms with E-state index >= 15 is 0 Å². The van der Waals surface area contributed by atoms with Crippen LogP contribution in [0.3, 0.4) is 0 Å².